The third-order valence-electron chi connectivity index (χ3n) is 8.60. The molecule has 58 heavy (non-hydrogen) atoms. The van der Waals surface area contributed by atoms with Crippen molar-refractivity contribution in [2.75, 3.05) is 37.1 Å². The number of aliphatic imine (C=N–C) groups is 2. The zero-order chi connectivity index (χ0) is 41.5. The number of benzene rings is 4. The molecule has 0 bridgehead atoms. The fourth-order valence-corrected chi connectivity index (χ4v) is 5.11. The molecule has 0 radical (unpaired) electrons. The lowest BCUT2D eigenvalue weighted by molar-refractivity contribution is 0.0490. The third kappa shape index (κ3) is 14.6. The Hall–Kier alpha value is -6.30. The molecule has 12 heteroatoms. The summed E-state index contributed by atoms with van der Waals surface area (Å²) in [5.41, 5.74) is 3.74. The monoisotopic (exact) mass is 790 g/mol. The average Bonchev–Trinajstić information content (AvgIpc) is 3.24. The van der Waals surface area contributed by atoms with Gasteiger partial charge in [0.15, 0.2) is 11.7 Å². The van der Waals surface area contributed by atoms with Gasteiger partial charge in [0.2, 0.25) is 0 Å². The van der Waals surface area contributed by atoms with Crippen LogP contribution in [0, 0.1) is 0 Å². The molecule has 0 aromatic heterocycles. The number of ether oxygens (including phenoxy) is 4. The molecule has 0 amide bonds. The second-order valence-electron chi connectivity index (χ2n) is 13.4. The molecular weight excluding hydrogens is 737 g/mol. The van der Waals surface area contributed by atoms with E-state index >= 15 is 0 Å². The lowest BCUT2D eigenvalue weighted by atomic mass is 10.2. The Bertz CT molecular complexity index is 1830. The van der Waals surface area contributed by atoms with E-state index < -0.39 is 23.9 Å². The number of hydrogen-bond donors (Lipinski definition) is 2. The van der Waals surface area contributed by atoms with E-state index in [-0.39, 0.29) is 11.7 Å². The van der Waals surface area contributed by atoms with Crippen LogP contribution in [-0.4, -0.2) is 62.0 Å². The summed E-state index contributed by atoms with van der Waals surface area (Å²) in [7, 11) is 0. The number of carbonyl (C=O) groups excluding carboxylic acids is 4. The summed E-state index contributed by atoms with van der Waals surface area (Å²) < 4.78 is 21.5. The van der Waals surface area contributed by atoms with E-state index in [1.165, 1.54) is 0 Å². The number of anilines is 2. The number of nitrogens with one attached hydrogen (secondary N) is 2. The first-order valence-corrected chi connectivity index (χ1v) is 20.0. The number of carbonyl (C=O) groups is 4. The molecule has 0 unspecified atom stereocenters. The predicted octanol–water partition coefficient (Wildman–Crippen LogP) is 10.5. The molecule has 2 N–H and O–H groups in total. The number of nitrogens with zero attached hydrogens (tertiary/aromatic N) is 2. The molecular formula is C46H54N4O8. The van der Waals surface area contributed by atoms with Gasteiger partial charge in [-0.15, -0.1) is 0 Å². The normalized spacial score (nSPS) is 11.4. The zero-order valence-electron chi connectivity index (χ0n) is 33.9. The largest absolute Gasteiger partial charge is 0.462 e. The van der Waals surface area contributed by atoms with Crippen LogP contribution in [0.4, 0.5) is 22.7 Å². The van der Waals surface area contributed by atoms with Crippen molar-refractivity contribution in [3.63, 3.8) is 0 Å². The summed E-state index contributed by atoms with van der Waals surface area (Å²) in [5.74, 6) is -1.14. The van der Waals surface area contributed by atoms with Crippen LogP contribution in [-0.2, 0) is 18.9 Å². The van der Waals surface area contributed by atoms with Gasteiger partial charge < -0.3 is 29.6 Å². The third-order valence-corrected chi connectivity index (χ3v) is 8.60. The van der Waals surface area contributed by atoms with Crippen LogP contribution in [0.15, 0.2) is 107 Å². The molecule has 0 aliphatic carbocycles. The quantitative estimate of drug-likeness (QED) is 0.0291. The first-order chi connectivity index (χ1) is 28.2. The first-order valence-electron chi connectivity index (χ1n) is 20.0. The Morgan fingerprint density at radius 2 is 0.638 bits per heavy atom. The second kappa shape index (κ2) is 24.4. The van der Waals surface area contributed by atoms with Gasteiger partial charge in [0, 0.05) is 11.4 Å². The minimum absolute atomic E-state index is 0.266. The Labute approximate surface area is 341 Å². The minimum Gasteiger partial charge on any atom is -0.462 e. The minimum atomic E-state index is -0.421. The van der Waals surface area contributed by atoms with E-state index in [0.29, 0.717) is 71.4 Å². The van der Waals surface area contributed by atoms with Crippen LogP contribution >= 0.6 is 0 Å². The summed E-state index contributed by atoms with van der Waals surface area (Å²) >= 11 is 0. The molecule has 12 nitrogen and oxygen atoms in total. The molecule has 0 saturated heterocycles. The number of hydrogen-bond acceptors (Lipinski definition) is 10. The maximum Gasteiger partial charge on any atom is 0.338 e. The van der Waals surface area contributed by atoms with E-state index in [4.69, 9.17) is 28.9 Å². The van der Waals surface area contributed by atoms with E-state index in [9.17, 15) is 19.2 Å². The van der Waals surface area contributed by atoms with Gasteiger partial charge in [0.25, 0.3) is 0 Å². The average molecular weight is 791 g/mol. The Morgan fingerprint density at radius 1 is 0.397 bits per heavy atom. The van der Waals surface area contributed by atoms with Crippen molar-refractivity contribution in [3.05, 3.63) is 119 Å². The summed E-state index contributed by atoms with van der Waals surface area (Å²) in [6, 6.07) is 26.9. The topological polar surface area (TPSA) is 154 Å². The lowest BCUT2D eigenvalue weighted by Crippen LogP contribution is -2.29. The Morgan fingerprint density at radius 3 is 0.879 bits per heavy atom. The van der Waals surface area contributed by atoms with E-state index in [1.54, 1.807) is 97.1 Å². The van der Waals surface area contributed by atoms with Crippen LogP contribution in [0.2, 0.25) is 0 Å². The number of unbranched alkanes of at least 4 members (excludes halogenated alkanes) is 4. The van der Waals surface area contributed by atoms with E-state index in [0.717, 1.165) is 51.4 Å². The van der Waals surface area contributed by atoms with Crippen molar-refractivity contribution in [1.82, 2.24) is 0 Å². The van der Waals surface area contributed by atoms with Gasteiger partial charge in [-0.05, 0) is 123 Å². The summed E-state index contributed by atoms with van der Waals surface area (Å²) in [5, 5.41) is 6.68. The van der Waals surface area contributed by atoms with Crippen molar-refractivity contribution in [1.29, 1.82) is 0 Å². The first kappa shape index (κ1) is 44.4. The van der Waals surface area contributed by atoms with Crippen molar-refractivity contribution in [2.45, 2.75) is 79.1 Å². The summed E-state index contributed by atoms with van der Waals surface area (Å²) in [4.78, 5) is 60.4. The smallest absolute Gasteiger partial charge is 0.338 e. The fraction of sp³-hybridized carbons (Fsp3) is 0.348. The highest BCUT2D eigenvalue weighted by Crippen LogP contribution is 2.21. The molecule has 306 valence electrons. The molecule has 0 spiro atoms. The molecule has 0 aliphatic rings. The predicted molar refractivity (Wildman–Crippen MR) is 228 cm³/mol. The van der Waals surface area contributed by atoms with Crippen molar-refractivity contribution < 1.29 is 38.1 Å². The zero-order valence-corrected chi connectivity index (χ0v) is 33.9. The Balaban J connectivity index is 1.74. The molecule has 0 atom stereocenters. The highest BCUT2D eigenvalue weighted by atomic mass is 16.5. The van der Waals surface area contributed by atoms with Crippen molar-refractivity contribution >= 4 is 58.3 Å². The number of rotatable bonds is 20. The van der Waals surface area contributed by atoms with Crippen LogP contribution in [0.3, 0.4) is 0 Å². The fourth-order valence-electron chi connectivity index (χ4n) is 5.11. The molecule has 0 fully saturated rings. The summed E-state index contributed by atoms with van der Waals surface area (Å²) in [6.45, 7) is 9.46. The second-order valence-corrected chi connectivity index (χ2v) is 13.4. The van der Waals surface area contributed by atoms with Gasteiger partial charge in [-0.3, -0.25) is 0 Å². The molecule has 0 aliphatic heterocycles. The molecule has 4 aromatic rings. The van der Waals surface area contributed by atoms with Crippen LogP contribution in [0.1, 0.15) is 120 Å². The highest BCUT2D eigenvalue weighted by Gasteiger charge is 2.16. The van der Waals surface area contributed by atoms with Gasteiger partial charge in [0.1, 0.15) is 0 Å². The van der Waals surface area contributed by atoms with Crippen molar-refractivity contribution in [3.8, 4) is 0 Å². The molecule has 4 rings (SSSR count). The van der Waals surface area contributed by atoms with Crippen LogP contribution in [0.5, 0.6) is 0 Å². The lowest BCUT2D eigenvalue weighted by Gasteiger charge is -2.16. The Kier molecular flexibility index (Phi) is 18.7. The number of amidine groups is 2. The summed E-state index contributed by atoms with van der Waals surface area (Å²) in [6.07, 6.45) is 6.74. The number of esters is 4. The van der Waals surface area contributed by atoms with Gasteiger partial charge in [-0.25, -0.2) is 29.2 Å². The van der Waals surface area contributed by atoms with Gasteiger partial charge in [0.05, 0.1) is 60.1 Å². The van der Waals surface area contributed by atoms with Gasteiger partial charge in [-0.1, -0.05) is 53.4 Å². The molecule has 0 saturated carbocycles. The van der Waals surface area contributed by atoms with Gasteiger partial charge in [-0.2, -0.15) is 0 Å². The maximum absolute atomic E-state index is 12.6. The standard InChI is InChI=1S/C46H54N4O8/c1-5-9-29-55-43(51)33-13-21-37(22-14-33)47-41(48-38-23-15-34(16-24-38)44(52)56-30-10-6-2)42(49-39-25-17-35(18-26-39)45(53)57-31-11-7-3)50-40-27-19-36(20-28-40)46(54)58-32-12-8-4/h13-28H,5-12,29-32H2,1-4H3,(H,47,48)(H,49,50). The molecule has 4 aromatic carbocycles. The van der Waals surface area contributed by atoms with Gasteiger partial charge >= 0.3 is 23.9 Å². The van der Waals surface area contributed by atoms with Crippen LogP contribution < -0.4 is 10.6 Å². The maximum atomic E-state index is 12.6. The van der Waals surface area contributed by atoms with E-state index in [2.05, 4.69) is 10.6 Å². The van der Waals surface area contributed by atoms with E-state index in [1.807, 2.05) is 27.7 Å². The SMILES string of the molecule is CCCCOC(=O)c1ccc(N=C(Nc2ccc(C(=O)OCCCC)cc2)C(=Nc2ccc(C(=O)OCCCC)cc2)Nc2ccc(C(=O)OCCCC)cc2)cc1. The van der Waals surface area contributed by atoms with Crippen LogP contribution in [0.25, 0.3) is 0 Å². The highest BCUT2D eigenvalue weighted by molar-refractivity contribution is 6.49. The van der Waals surface area contributed by atoms with Crippen molar-refractivity contribution in [2.24, 2.45) is 9.98 Å². The molecule has 0 heterocycles.